The molecule has 0 spiro atoms. The van der Waals surface area contributed by atoms with Gasteiger partial charge in [0.2, 0.25) is 5.95 Å². The van der Waals surface area contributed by atoms with Gasteiger partial charge in [-0.25, -0.2) is 19.3 Å². The lowest BCUT2D eigenvalue weighted by molar-refractivity contribution is 0.122. The summed E-state index contributed by atoms with van der Waals surface area (Å²) in [5, 5.41) is 6.26. The van der Waals surface area contributed by atoms with Gasteiger partial charge >= 0.3 is 0 Å². The zero-order chi connectivity index (χ0) is 21.6. The summed E-state index contributed by atoms with van der Waals surface area (Å²) < 4.78 is 19.5. The van der Waals surface area contributed by atoms with Crippen molar-refractivity contribution in [2.24, 2.45) is 0 Å². The fraction of sp³-hybridized carbons (Fsp3) is 0.619. The molecule has 2 aromatic heterocycles. The summed E-state index contributed by atoms with van der Waals surface area (Å²) in [6, 6.07) is 1.96. The van der Waals surface area contributed by atoms with Crippen molar-refractivity contribution in [3.63, 3.8) is 0 Å². The number of morpholine rings is 1. The molecule has 2 aliphatic heterocycles. The molecule has 0 aliphatic carbocycles. The molecule has 0 radical (unpaired) electrons. The van der Waals surface area contributed by atoms with Gasteiger partial charge in [-0.3, -0.25) is 0 Å². The summed E-state index contributed by atoms with van der Waals surface area (Å²) in [6.45, 7) is 8.15. The van der Waals surface area contributed by atoms with E-state index in [0.29, 0.717) is 31.6 Å². The maximum absolute atomic E-state index is 14.2. The number of aromatic nitrogens is 4. The second kappa shape index (κ2) is 10.1. The molecule has 4 heterocycles. The summed E-state index contributed by atoms with van der Waals surface area (Å²) in [4.78, 5) is 22.2. The van der Waals surface area contributed by atoms with E-state index in [1.165, 1.54) is 6.20 Å². The van der Waals surface area contributed by atoms with Crippen LogP contribution >= 0.6 is 0 Å². The molecular weight excluding hydrogens is 399 g/mol. The van der Waals surface area contributed by atoms with E-state index in [0.717, 1.165) is 62.9 Å². The minimum absolute atomic E-state index is 0.263. The van der Waals surface area contributed by atoms with Crippen molar-refractivity contribution in [2.75, 3.05) is 75.1 Å². The van der Waals surface area contributed by atoms with Crippen molar-refractivity contribution in [3.8, 4) is 0 Å². The zero-order valence-corrected chi connectivity index (χ0v) is 18.3. The van der Waals surface area contributed by atoms with Gasteiger partial charge in [-0.1, -0.05) is 0 Å². The lowest BCUT2D eigenvalue weighted by Crippen LogP contribution is -2.38. The van der Waals surface area contributed by atoms with E-state index in [1.807, 2.05) is 24.9 Å². The summed E-state index contributed by atoms with van der Waals surface area (Å²) >= 11 is 0. The molecule has 0 atom stereocenters. The van der Waals surface area contributed by atoms with E-state index in [4.69, 9.17) is 4.74 Å². The minimum Gasteiger partial charge on any atom is -0.378 e. The molecule has 2 saturated heterocycles. The van der Waals surface area contributed by atoms with Crippen LogP contribution in [0, 0.1) is 12.7 Å². The van der Waals surface area contributed by atoms with Crippen LogP contribution in [0.2, 0.25) is 0 Å². The van der Waals surface area contributed by atoms with Crippen LogP contribution in [0.1, 0.15) is 30.3 Å². The van der Waals surface area contributed by atoms with E-state index >= 15 is 0 Å². The highest BCUT2D eigenvalue weighted by atomic mass is 19.1. The summed E-state index contributed by atoms with van der Waals surface area (Å²) in [6.07, 6.45) is 3.29. The van der Waals surface area contributed by atoms with Crippen LogP contribution in [0.5, 0.6) is 0 Å². The van der Waals surface area contributed by atoms with Gasteiger partial charge in [0, 0.05) is 50.9 Å². The number of likely N-dealkylation sites (tertiary alicyclic amines) is 1. The topological polar surface area (TPSA) is 91.3 Å². The molecule has 0 amide bonds. The maximum Gasteiger partial charge on any atom is 0.227 e. The molecule has 2 aliphatic rings. The predicted molar refractivity (Wildman–Crippen MR) is 118 cm³/mol. The minimum atomic E-state index is -0.423. The molecule has 2 aromatic rings. The number of nitrogens with one attached hydrogen (secondary N) is 2. The Morgan fingerprint density at radius 1 is 1.13 bits per heavy atom. The summed E-state index contributed by atoms with van der Waals surface area (Å²) in [5.74, 6) is 2.57. The molecule has 9 nitrogen and oxygen atoms in total. The van der Waals surface area contributed by atoms with Crippen LogP contribution in [0.4, 0.5) is 22.0 Å². The molecule has 31 heavy (non-hydrogen) atoms. The van der Waals surface area contributed by atoms with Gasteiger partial charge in [-0.05, 0) is 32.9 Å². The van der Waals surface area contributed by atoms with Crippen molar-refractivity contribution < 1.29 is 9.13 Å². The van der Waals surface area contributed by atoms with Gasteiger partial charge in [-0.15, -0.1) is 0 Å². The third-order valence-electron chi connectivity index (χ3n) is 5.83. The number of aryl methyl sites for hydroxylation is 1. The number of rotatable bonds is 7. The van der Waals surface area contributed by atoms with E-state index in [9.17, 15) is 4.39 Å². The number of halogens is 1. The highest BCUT2D eigenvalue weighted by molar-refractivity contribution is 5.42. The molecule has 0 saturated carbocycles. The Kier molecular flexibility index (Phi) is 7.08. The molecule has 0 bridgehead atoms. The average molecular weight is 431 g/mol. The van der Waals surface area contributed by atoms with Gasteiger partial charge in [0.15, 0.2) is 11.6 Å². The van der Waals surface area contributed by atoms with Gasteiger partial charge < -0.3 is 25.2 Å². The van der Waals surface area contributed by atoms with Crippen LogP contribution in [-0.4, -0.2) is 84.4 Å². The number of piperidine rings is 1. The Morgan fingerprint density at radius 2 is 1.90 bits per heavy atom. The molecule has 0 unspecified atom stereocenters. The third-order valence-corrected chi connectivity index (χ3v) is 5.83. The third kappa shape index (κ3) is 5.56. The fourth-order valence-electron chi connectivity index (χ4n) is 4.05. The van der Waals surface area contributed by atoms with Crippen LogP contribution in [0.25, 0.3) is 0 Å². The highest BCUT2D eigenvalue weighted by Gasteiger charge is 2.23. The lowest BCUT2D eigenvalue weighted by Gasteiger charge is -2.31. The van der Waals surface area contributed by atoms with Crippen LogP contribution in [-0.2, 0) is 4.74 Å². The normalized spacial score (nSPS) is 18.2. The molecule has 0 aromatic carbocycles. The number of ether oxygens (including phenoxy) is 1. The SMILES string of the molecule is CNc1cc(C)nc(C2CCN(CCNc3nc(N4CCOCC4)ncc3F)CC2)n1. The first kappa shape index (κ1) is 21.6. The smallest absolute Gasteiger partial charge is 0.227 e. The Hall–Kier alpha value is -2.59. The number of hydrogen-bond donors (Lipinski definition) is 2. The van der Waals surface area contributed by atoms with E-state index < -0.39 is 5.82 Å². The number of nitrogens with zero attached hydrogens (tertiary/aromatic N) is 6. The first-order valence-electron chi connectivity index (χ1n) is 11.0. The molecule has 2 fully saturated rings. The van der Waals surface area contributed by atoms with E-state index in [-0.39, 0.29) is 5.82 Å². The van der Waals surface area contributed by atoms with Crippen LogP contribution in [0.15, 0.2) is 12.3 Å². The second-order valence-corrected chi connectivity index (χ2v) is 8.01. The number of anilines is 3. The van der Waals surface area contributed by atoms with Crippen molar-refractivity contribution in [3.05, 3.63) is 29.6 Å². The summed E-state index contributed by atoms with van der Waals surface area (Å²) in [7, 11) is 1.88. The van der Waals surface area contributed by atoms with Crippen LogP contribution in [0.3, 0.4) is 0 Å². The standard InChI is InChI=1S/C21H31FN8O/c1-15-13-18(23-2)27-19(26-15)16-3-6-29(7-4-16)8-5-24-20-17(22)14-25-21(28-20)30-9-11-31-12-10-30/h13-14,16H,3-12H2,1-2H3,(H,23,26,27)(H,24,25,28). The quantitative estimate of drug-likeness (QED) is 0.683. The first-order chi connectivity index (χ1) is 15.1. The van der Waals surface area contributed by atoms with Crippen molar-refractivity contribution >= 4 is 17.6 Å². The van der Waals surface area contributed by atoms with E-state index in [2.05, 4.69) is 35.5 Å². The maximum atomic E-state index is 14.2. The first-order valence-corrected chi connectivity index (χ1v) is 11.0. The molecule has 2 N–H and O–H groups in total. The Morgan fingerprint density at radius 3 is 2.65 bits per heavy atom. The van der Waals surface area contributed by atoms with Gasteiger partial charge in [0.1, 0.15) is 11.6 Å². The Labute approximate surface area is 182 Å². The number of hydrogen-bond acceptors (Lipinski definition) is 9. The summed E-state index contributed by atoms with van der Waals surface area (Å²) in [5.41, 5.74) is 0.990. The van der Waals surface area contributed by atoms with Gasteiger partial charge in [0.05, 0.1) is 19.4 Å². The monoisotopic (exact) mass is 430 g/mol. The molecular formula is C21H31FN8O. The van der Waals surface area contributed by atoms with Crippen molar-refractivity contribution in [1.82, 2.24) is 24.8 Å². The lowest BCUT2D eigenvalue weighted by atomic mass is 9.96. The molecule has 168 valence electrons. The van der Waals surface area contributed by atoms with Gasteiger partial charge in [0.25, 0.3) is 0 Å². The highest BCUT2D eigenvalue weighted by Crippen LogP contribution is 2.26. The molecule has 10 heteroatoms. The predicted octanol–water partition coefficient (Wildman–Crippen LogP) is 1.88. The van der Waals surface area contributed by atoms with Crippen molar-refractivity contribution in [1.29, 1.82) is 0 Å². The second-order valence-electron chi connectivity index (χ2n) is 8.01. The molecule has 4 rings (SSSR count). The Balaban J connectivity index is 1.26. The Bertz CT molecular complexity index is 868. The van der Waals surface area contributed by atoms with Gasteiger partial charge in [-0.2, -0.15) is 4.98 Å². The van der Waals surface area contributed by atoms with Crippen LogP contribution < -0.4 is 15.5 Å². The zero-order valence-electron chi connectivity index (χ0n) is 18.3. The van der Waals surface area contributed by atoms with E-state index in [1.54, 1.807) is 0 Å². The average Bonchev–Trinajstić information content (AvgIpc) is 2.81. The fourth-order valence-corrected chi connectivity index (χ4v) is 4.05. The largest absolute Gasteiger partial charge is 0.378 e. The van der Waals surface area contributed by atoms with Crippen molar-refractivity contribution in [2.45, 2.75) is 25.7 Å².